The van der Waals surface area contributed by atoms with Crippen molar-refractivity contribution in [1.82, 2.24) is 9.13 Å². The van der Waals surface area contributed by atoms with Crippen LogP contribution in [0.1, 0.15) is 0 Å². The average Bonchev–Trinajstić information content (AvgIpc) is 3.77. The molecule has 0 aliphatic rings. The molecule has 258 valence electrons. The van der Waals surface area contributed by atoms with Gasteiger partial charge in [-0.3, -0.25) is 0 Å². The molecule has 11 aromatic rings. The lowest BCUT2D eigenvalue weighted by molar-refractivity contribution is 1.18. The SMILES string of the molecule is c1ccc(N(c2ccc3c4ccccc4n(-c4ccccc4)c3c2)c2ccccc2-c2ccc3c4ccc5ccccc5c4n(-c4ccccc4)c3c2)cc1. The van der Waals surface area contributed by atoms with E-state index >= 15 is 0 Å². The van der Waals surface area contributed by atoms with Crippen LogP contribution in [0.3, 0.4) is 0 Å². The van der Waals surface area contributed by atoms with Gasteiger partial charge in [0.25, 0.3) is 0 Å². The standard InChI is InChI=1S/C52H35N3/c1-4-17-38(18-5-1)53(41-30-33-45-44-25-13-15-27-49(44)54(51(45)35-41)39-19-6-2-7-20-39)48-26-14-12-23-42(48)37-29-31-46-47-32-28-36-16-10-11-24-43(36)52(47)55(50(46)34-37)40-21-8-3-9-22-40/h1-35H. The highest BCUT2D eigenvalue weighted by Gasteiger charge is 2.21. The van der Waals surface area contributed by atoms with Gasteiger partial charge in [0.2, 0.25) is 0 Å². The van der Waals surface area contributed by atoms with Crippen LogP contribution >= 0.6 is 0 Å². The van der Waals surface area contributed by atoms with Gasteiger partial charge < -0.3 is 14.0 Å². The van der Waals surface area contributed by atoms with Crippen LogP contribution in [0.5, 0.6) is 0 Å². The highest BCUT2D eigenvalue weighted by Crippen LogP contribution is 2.45. The summed E-state index contributed by atoms with van der Waals surface area (Å²) in [5.74, 6) is 0. The molecule has 0 aliphatic carbocycles. The smallest absolute Gasteiger partial charge is 0.0619 e. The van der Waals surface area contributed by atoms with E-state index in [1.165, 1.54) is 54.4 Å². The minimum Gasteiger partial charge on any atom is -0.310 e. The molecule has 0 N–H and O–H groups in total. The van der Waals surface area contributed by atoms with Crippen molar-refractivity contribution < 1.29 is 0 Å². The van der Waals surface area contributed by atoms with Crippen LogP contribution in [0.4, 0.5) is 17.1 Å². The van der Waals surface area contributed by atoms with Crippen LogP contribution in [0, 0.1) is 0 Å². The van der Waals surface area contributed by atoms with Crippen LogP contribution < -0.4 is 4.90 Å². The molecule has 0 spiro atoms. The summed E-state index contributed by atoms with van der Waals surface area (Å²) in [6.07, 6.45) is 0. The monoisotopic (exact) mass is 701 g/mol. The molecule has 2 heterocycles. The number of rotatable bonds is 6. The molecule has 9 aromatic carbocycles. The van der Waals surface area contributed by atoms with Crippen LogP contribution in [-0.2, 0) is 0 Å². The molecule has 0 saturated heterocycles. The number of benzene rings is 9. The minimum atomic E-state index is 1.09. The average molecular weight is 702 g/mol. The molecule has 11 rings (SSSR count). The lowest BCUT2D eigenvalue weighted by Crippen LogP contribution is -2.11. The molecule has 0 fully saturated rings. The summed E-state index contributed by atoms with van der Waals surface area (Å²) in [7, 11) is 0. The predicted molar refractivity (Wildman–Crippen MR) is 233 cm³/mol. The van der Waals surface area contributed by atoms with Gasteiger partial charge in [0.15, 0.2) is 0 Å². The maximum absolute atomic E-state index is 2.45. The zero-order chi connectivity index (χ0) is 36.3. The molecule has 0 atom stereocenters. The summed E-state index contributed by atoms with van der Waals surface area (Å²) in [6, 6.07) is 76.9. The van der Waals surface area contributed by atoms with E-state index in [0.717, 1.165) is 39.6 Å². The predicted octanol–water partition coefficient (Wildman–Crippen LogP) is 14.2. The Balaban J connectivity index is 1.16. The molecular formula is C52H35N3. The van der Waals surface area contributed by atoms with Crippen molar-refractivity contribution in [3.8, 4) is 22.5 Å². The van der Waals surface area contributed by atoms with E-state index in [1.807, 2.05) is 0 Å². The lowest BCUT2D eigenvalue weighted by atomic mass is 9.99. The van der Waals surface area contributed by atoms with E-state index in [9.17, 15) is 0 Å². The zero-order valence-corrected chi connectivity index (χ0v) is 30.0. The van der Waals surface area contributed by atoms with Gasteiger partial charge in [0.05, 0.1) is 27.8 Å². The molecule has 0 unspecified atom stereocenters. The van der Waals surface area contributed by atoms with E-state index in [4.69, 9.17) is 0 Å². The Morgan fingerprint density at radius 1 is 0.327 bits per heavy atom. The Morgan fingerprint density at radius 2 is 0.891 bits per heavy atom. The van der Waals surface area contributed by atoms with Gasteiger partial charge in [-0.2, -0.15) is 0 Å². The Bertz CT molecular complexity index is 3190. The van der Waals surface area contributed by atoms with Gasteiger partial charge in [-0.25, -0.2) is 0 Å². The van der Waals surface area contributed by atoms with Crippen molar-refractivity contribution in [3.63, 3.8) is 0 Å². The van der Waals surface area contributed by atoms with E-state index in [2.05, 4.69) is 226 Å². The fourth-order valence-corrected chi connectivity index (χ4v) is 8.66. The summed E-state index contributed by atoms with van der Waals surface area (Å²) >= 11 is 0. The number of hydrogen-bond acceptors (Lipinski definition) is 1. The summed E-state index contributed by atoms with van der Waals surface area (Å²) in [4.78, 5) is 2.41. The number of anilines is 3. The van der Waals surface area contributed by atoms with Gasteiger partial charge in [0.1, 0.15) is 0 Å². The van der Waals surface area contributed by atoms with Crippen LogP contribution in [0.2, 0.25) is 0 Å². The molecule has 0 bridgehead atoms. The molecule has 3 nitrogen and oxygen atoms in total. The van der Waals surface area contributed by atoms with Crippen molar-refractivity contribution in [2.24, 2.45) is 0 Å². The van der Waals surface area contributed by atoms with Gasteiger partial charge in [0, 0.05) is 55.2 Å². The molecule has 0 amide bonds. The fraction of sp³-hybridized carbons (Fsp3) is 0. The summed E-state index contributed by atoms with van der Waals surface area (Å²) in [5, 5.41) is 7.46. The maximum Gasteiger partial charge on any atom is 0.0619 e. The molecule has 0 aliphatic heterocycles. The number of aromatic nitrogens is 2. The quantitative estimate of drug-likeness (QED) is 0.168. The number of hydrogen-bond donors (Lipinski definition) is 0. The minimum absolute atomic E-state index is 1.09. The normalized spacial score (nSPS) is 11.6. The van der Waals surface area contributed by atoms with Gasteiger partial charge >= 0.3 is 0 Å². The van der Waals surface area contributed by atoms with E-state index in [0.29, 0.717) is 0 Å². The molecule has 0 saturated carbocycles. The summed E-state index contributed by atoms with van der Waals surface area (Å²) < 4.78 is 4.84. The molecule has 0 radical (unpaired) electrons. The van der Waals surface area contributed by atoms with Crippen molar-refractivity contribution in [3.05, 3.63) is 212 Å². The maximum atomic E-state index is 2.45. The highest BCUT2D eigenvalue weighted by molar-refractivity contribution is 6.19. The summed E-state index contributed by atoms with van der Waals surface area (Å²) in [6.45, 7) is 0. The first-order valence-corrected chi connectivity index (χ1v) is 18.9. The Kier molecular flexibility index (Phi) is 7.17. The van der Waals surface area contributed by atoms with Crippen molar-refractivity contribution in [2.45, 2.75) is 0 Å². The fourth-order valence-electron chi connectivity index (χ4n) is 8.66. The van der Waals surface area contributed by atoms with Gasteiger partial charge in [-0.15, -0.1) is 0 Å². The number of fused-ring (bicyclic) bond motifs is 8. The zero-order valence-electron chi connectivity index (χ0n) is 30.0. The largest absolute Gasteiger partial charge is 0.310 e. The third-order valence-corrected chi connectivity index (χ3v) is 11.1. The second-order valence-corrected chi connectivity index (χ2v) is 14.2. The molecule has 55 heavy (non-hydrogen) atoms. The first-order chi connectivity index (χ1) is 27.3. The van der Waals surface area contributed by atoms with Crippen LogP contribution in [0.15, 0.2) is 212 Å². The molecule has 3 heteroatoms. The Hall–Kier alpha value is -7.36. The summed E-state index contributed by atoms with van der Waals surface area (Å²) in [5.41, 5.74) is 12.7. The lowest BCUT2D eigenvalue weighted by Gasteiger charge is -2.28. The second-order valence-electron chi connectivity index (χ2n) is 14.2. The van der Waals surface area contributed by atoms with Crippen LogP contribution in [-0.4, -0.2) is 9.13 Å². The van der Waals surface area contributed by atoms with Crippen molar-refractivity contribution >= 4 is 71.4 Å². The third kappa shape index (κ3) is 4.98. The van der Waals surface area contributed by atoms with E-state index in [1.54, 1.807) is 0 Å². The van der Waals surface area contributed by atoms with Gasteiger partial charge in [-0.1, -0.05) is 146 Å². The third-order valence-electron chi connectivity index (χ3n) is 11.1. The Labute approximate surface area is 319 Å². The van der Waals surface area contributed by atoms with E-state index < -0.39 is 0 Å². The van der Waals surface area contributed by atoms with Gasteiger partial charge in [-0.05, 0) is 77.7 Å². The first kappa shape index (κ1) is 31.2. The number of para-hydroxylation sites is 5. The Morgan fingerprint density at radius 3 is 1.69 bits per heavy atom. The van der Waals surface area contributed by atoms with Crippen molar-refractivity contribution in [2.75, 3.05) is 4.90 Å². The highest BCUT2D eigenvalue weighted by atomic mass is 15.1. The number of nitrogens with zero attached hydrogens (tertiary/aromatic N) is 3. The molecular weight excluding hydrogens is 667 g/mol. The van der Waals surface area contributed by atoms with E-state index in [-0.39, 0.29) is 0 Å². The van der Waals surface area contributed by atoms with Crippen LogP contribution in [0.25, 0.3) is 76.9 Å². The first-order valence-electron chi connectivity index (χ1n) is 18.9. The topological polar surface area (TPSA) is 13.1 Å². The second kappa shape index (κ2) is 12.6. The molecule has 2 aromatic heterocycles. The van der Waals surface area contributed by atoms with Crippen molar-refractivity contribution in [1.29, 1.82) is 0 Å².